The Kier molecular flexibility index (Phi) is 2.63. The van der Waals surface area contributed by atoms with E-state index in [1.54, 1.807) is 0 Å². The number of aromatic nitrogens is 2. The average Bonchev–Trinajstić information content (AvgIpc) is 2.27. The summed E-state index contributed by atoms with van der Waals surface area (Å²) in [6, 6.07) is 2.77. The molecule has 1 aromatic carbocycles. The van der Waals surface area contributed by atoms with Crippen LogP contribution >= 0.6 is 0 Å². The second-order valence-electron chi connectivity index (χ2n) is 2.98. The van der Waals surface area contributed by atoms with Crippen molar-refractivity contribution in [3.63, 3.8) is 0 Å². The lowest BCUT2D eigenvalue weighted by molar-refractivity contribution is 0.407. The first-order chi connectivity index (χ1) is 7.65. The summed E-state index contributed by atoms with van der Waals surface area (Å²) in [5, 5.41) is 0. The highest BCUT2D eigenvalue weighted by Crippen LogP contribution is 2.22. The summed E-state index contributed by atoms with van der Waals surface area (Å²) in [6.45, 7) is 0. The summed E-state index contributed by atoms with van der Waals surface area (Å²) >= 11 is 0. The quantitative estimate of drug-likeness (QED) is 0.847. The third kappa shape index (κ3) is 2.22. The van der Waals surface area contributed by atoms with Crippen molar-refractivity contribution in [3.8, 4) is 11.8 Å². The largest absolute Gasteiger partial charge is 0.421 e. The van der Waals surface area contributed by atoms with E-state index < -0.39 is 11.6 Å². The van der Waals surface area contributed by atoms with Gasteiger partial charge in [0, 0.05) is 6.07 Å². The number of rotatable bonds is 2. The van der Waals surface area contributed by atoms with E-state index in [1.165, 1.54) is 12.4 Å². The van der Waals surface area contributed by atoms with Gasteiger partial charge in [0.1, 0.15) is 5.82 Å². The molecule has 0 unspecified atom stereocenters. The molecule has 0 spiro atoms. The summed E-state index contributed by atoms with van der Waals surface area (Å²) in [7, 11) is 0. The van der Waals surface area contributed by atoms with Crippen LogP contribution in [0.3, 0.4) is 0 Å². The van der Waals surface area contributed by atoms with Crippen LogP contribution < -0.4 is 10.5 Å². The van der Waals surface area contributed by atoms with E-state index >= 15 is 0 Å². The van der Waals surface area contributed by atoms with E-state index in [0.717, 1.165) is 18.2 Å². The van der Waals surface area contributed by atoms with E-state index in [0.29, 0.717) is 5.69 Å². The number of hydrogen-bond acceptors (Lipinski definition) is 4. The molecule has 0 bridgehead atoms. The van der Waals surface area contributed by atoms with E-state index in [4.69, 9.17) is 10.5 Å². The molecule has 0 aliphatic carbocycles. The molecule has 0 saturated heterocycles. The molecule has 6 heteroatoms. The Labute approximate surface area is 89.7 Å². The van der Waals surface area contributed by atoms with Gasteiger partial charge in [-0.25, -0.2) is 18.7 Å². The maximum Gasteiger partial charge on any atom is 0.322 e. The first kappa shape index (κ1) is 10.3. The lowest BCUT2D eigenvalue weighted by Gasteiger charge is -2.04. The van der Waals surface area contributed by atoms with Crippen molar-refractivity contribution < 1.29 is 13.5 Å². The highest BCUT2D eigenvalue weighted by molar-refractivity contribution is 5.32. The molecule has 16 heavy (non-hydrogen) atoms. The Morgan fingerprint density at radius 1 is 1.12 bits per heavy atom. The van der Waals surface area contributed by atoms with Gasteiger partial charge in [0.05, 0.1) is 18.1 Å². The molecule has 0 atom stereocenters. The third-order valence-corrected chi connectivity index (χ3v) is 1.74. The summed E-state index contributed by atoms with van der Waals surface area (Å²) in [6.07, 6.45) is 2.61. The van der Waals surface area contributed by atoms with Gasteiger partial charge in [0.15, 0.2) is 11.6 Å². The molecule has 1 aromatic heterocycles. The van der Waals surface area contributed by atoms with Crippen molar-refractivity contribution in [1.82, 2.24) is 9.97 Å². The molecule has 0 aliphatic rings. The summed E-state index contributed by atoms with van der Waals surface area (Å²) < 4.78 is 30.9. The molecular formula is C10H7F2N3O. The standard InChI is InChI=1S/C10H7F2N3O/c11-6-1-2-8(12)9(3-6)16-10-14-4-7(13)5-15-10/h1-5H,13H2. The number of nitrogens with two attached hydrogens (primary N) is 1. The highest BCUT2D eigenvalue weighted by Gasteiger charge is 2.07. The molecule has 2 N–H and O–H groups in total. The molecule has 0 amide bonds. The molecule has 2 aromatic rings. The second kappa shape index (κ2) is 4.09. The smallest absolute Gasteiger partial charge is 0.322 e. The van der Waals surface area contributed by atoms with Gasteiger partial charge in [-0.15, -0.1) is 0 Å². The van der Waals surface area contributed by atoms with E-state index in [9.17, 15) is 8.78 Å². The number of halogens is 2. The van der Waals surface area contributed by atoms with Crippen LogP contribution in [0.4, 0.5) is 14.5 Å². The summed E-state index contributed by atoms with van der Waals surface area (Å²) in [5.41, 5.74) is 5.71. The number of benzene rings is 1. The van der Waals surface area contributed by atoms with Crippen LogP contribution in [0.2, 0.25) is 0 Å². The number of nitrogens with zero attached hydrogens (tertiary/aromatic N) is 2. The molecule has 0 fully saturated rings. The fourth-order valence-corrected chi connectivity index (χ4v) is 1.03. The van der Waals surface area contributed by atoms with Gasteiger partial charge < -0.3 is 10.5 Å². The molecule has 82 valence electrons. The topological polar surface area (TPSA) is 61.0 Å². The zero-order valence-electron chi connectivity index (χ0n) is 8.02. The highest BCUT2D eigenvalue weighted by atomic mass is 19.1. The maximum atomic E-state index is 13.2. The minimum atomic E-state index is -0.693. The fourth-order valence-electron chi connectivity index (χ4n) is 1.03. The van der Waals surface area contributed by atoms with Crippen molar-refractivity contribution in [2.45, 2.75) is 0 Å². The van der Waals surface area contributed by atoms with Crippen LogP contribution in [0.25, 0.3) is 0 Å². The van der Waals surface area contributed by atoms with Gasteiger partial charge in [-0.1, -0.05) is 0 Å². The predicted molar refractivity (Wildman–Crippen MR) is 52.9 cm³/mol. The molecule has 0 saturated carbocycles. The minimum absolute atomic E-state index is 0.0984. The van der Waals surface area contributed by atoms with Crippen LogP contribution in [0.15, 0.2) is 30.6 Å². The lowest BCUT2D eigenvalue weighted by Crippen LogP contribution is -1.95. The van der Waals surface area contributed by atoms with Crippen molar-refractivity contribution >= 4 is 5.69 Å². The van der Waals surface area contributed by atoms with Crippen molar-refractivity contribution in [2.24, 2.45) is 0 Å². The van der Waals surface area contributed by atoms with Gasteiger partial charge in [0.25, 0.3) is 0 Å². The second-order valence-corrected chi connectivity index (χ2v) is 2.98. The zero-order valence-corrected chi connectivity index (χ0v) is 8.02. The normalized spacial score (nSPS) is 10.1. The Morgan fingerprint density at radius 2 is 1.81 bits per heavy atom. The zero-order chi connectivity index (χ0) is 11.5. The predicted octanol–water partition coefficient (Wildman–Crippen LogP) is 2.13. The fraction of sp³-hybridized carbons (Fsp3) is 0. The molecule has 0 aliphatic heterocycles. The van der Waals surface area contributed by atoms with E-state index in [2.05, 4.69) is 9.97 Å². The van der Waals surface area contributed by atoms with Crippen LogP contribution in [0.5, 0.6) is 11.8 Å². The number of hydrogen-bond donors (Lipinski definition) is 1. The van der Waals surface area contributed by atoms with Gasteiger partial charge >= 0.3 is 6.01 Å². The van der Waals surface area contributed by atoms with Crippen LogP contribution in [-0.2, 0) is 0 Å². The van der Waals surface area contributed by atoms with Crippen LogP contribution in [0.1, 0.15) is 0 Å². The van der Waals surface area contributed by atoms with Gasteiger partial charge in [-0.2, -0.15) is 0 Å². The maximum absolute atomic E-state index is 13.2. The van der Waals surface area contributed by atoms with Crippen LogP contribution in [0, 0.1) is 11.6 Å². The van der Waals surface area contributed by atoms with Crippen LogP contribution in [-0.4, -0.2) is 9.97 Å². The lowest BCUT2D eigenvalue weighted by atomic mass is 10.3. The molecule has 1 heterocycles. The van der Waals surface area contributed by atoms with Crippen molar-refractivity contribution in [2.75, 3.05) is 5.73 Å². The summed E-state index contributed by atoms with van der Waals surface area (Å²) in [4.78, 5) is 7.39. The van der Waals surface area contributed by atoms with Crippen molar-refractivity contribution in [1.29, 1.82) is 0 Å². The molecule has 0 radical (unpaired) electrons. The van der Waals surface area contributed by atoms with Gasteiger partial charge in [-0.3, -0.25) is 0 Å². The Balaban J connectivity index is 2.26. The molecule has 4 nitrogen and oxygen atoms in total. The first-order valence-electron chi connectivity index (χ1n) is 4.35. The van der Waals surface area contributed by atoms with Crippen molar-refractivity contribution in [3.05, 3.63) is 42.2 Å². The Bertz CT molecular complexity index is 502. The monoisotopic (exact) mass is 223 g/mol. The Morgan fingerprint density at radius 3 is 2.50 bits per heavy atom. The summed E-state index contributed by atoms with van der Waals surface area (Å²) in [5.74, 6) is -1.57. The number of nitrogen functional groups attached to an aromatic ring is 1. The van der Waals surface area contributed by atoms with Gasteiger partial charge in [0.2, 0.25) is 0 Å². The average molecular weight is 223 g/mol. The number of ether oxygens (including phenoxy) is 1. The molecule has 2 rings (SSSR count). The van der Waals surface area contributed by atoms with E-state index in [1.807, 2.05) is 0 Å². The third-order valence-electron chi connectivity index (χ3n) is 1.74. The van der Waals surface area contributed by atoms with Gasteiger partial charge in [-0.05, 0) is 12.1 Å². The number of anilines is 1. The SMILES string of the molecule is Nc1cnc(Oc2cc(F)ccc2F)nc1. The first-order valence-corrected chi connectivity index (χ1v) is 4.35. The minimum Gasteiger partial charge on any atom is -0.421 e. The van der Waals surface area contributed by atoms with E-state index in [-0.39, 0.29) is 11.8 Å². The molecular weight excluding hydrogens is 216 g/mol. The Hall–Kier alpha value is -2.24.